The lowest BCUT2D eigenvalue weighted by atomic mass is 10.2. The van der Waals surface area contributed by atoms with Crippen LogP contribution in [0.25, 0.3) is 0 Å². The van der Waals surface area contributed by atoms with E-state index in [2.05, 4.69) is 23.3 Å². The van der Waals surface area contributed by atoms with E-state index in [0.717, 1.165) is 17.7 Å². The summed E-state index contributed by atoms with van der Waals surface area (Å²) in [6, 6.07) is 6.69. The minimum Gasteiger partial charge on any atom is -0.352 e. The number of thiol groups is 1. The Kier molecular flexibility index (Phi) is 3.91. The highest BCUT2D eigenvalue weighted by Crippen LogP contribution is 2.18. The fraction of sp³-hybridized carbons (Fsp3) is 0.385. The van der Waals surface area contributed by atoms with Crippen molar-refractivity contribution in [3.63, 3.8) is 0 Å². The van der Waals surface area contributed by atoms with E-state index in [1.807, 2.05) is 0 Å². The van der Waals surface area contributed by atoms with E-state index in [9.17, 15) is 9.59 Å². The van der Waals surface area contributed by atoms with Gasteiger partial charge in [0.1, 0.15) is 6.04 Å². The van der Waals surface area contributed by atoms with Crippen molar-refractivity contribution in [3.8, 4) is 0 Å². The number of carbonyl (C=O) groups excluding carboxylic acids is 2. The van der Waals surface area contributed by atoms with E-state index in [1.54, 1.807) is 31.2 Å². The van der Waals surface area contributed by atoms with Gasteiger partial charge in [0.05, 0.1) is 0 Å². The van der Waals surface area contributed by atoms with E-state index < -0.39 is 6.04 Å². The summed E-state index contributed by atoms with van der Waals surface area (Å²) in [4.78, 5) is 24.3. The predicted octanol–water partition coefficient (Wildman–Crippen LogP) is 1.37. The maximum Gasteiger partial charge on any atom is 0.251 e. The fourth-order valence-corrected chi connectivity index (χ4v) is 1.77. The quantitative estimate of drug-likeness (QED) is 0.719. The summed E-state index contributed by atoms with van der Waals surface area (Å²) in [5.74, 6) is -0.391. The summed E-state index contributed by atoms with van der Waals surface area (Å²) in [7, 11) is 0. The van der Waals surface area contributed by atoms with Crippen molar-refractivity contribution >= 4 is 24.4 Å². The molecule has 0 aliphatic heterocycles. The molecule has 1 fully saturated rings. The molecule has 0 saturated heterocycles. The lowest BCUT2D eigenvalue weighted by Crippen LogP contribution is -2.45. The highest BCUT2D eigenvalue weighted by Gasteiger charge is 2.26. The van der Waals surface area contributed by atoms with Gasteiger partial charge in [-0.05, 0) is 38.0 Å². The molecule has 1 aliphatic carbocycles. The summed E-state index contributed by atoms with van der Waals surface area (Å²) in [6.07, 6.45) is 2.07. The van der Waals surface area contributed by atoms with E-state index in [1.165, 1.54) is 0 Å². The van der Waals surface area contributed by atoms with Crippen molar-refractivity contribution in [3.05, 3.63) is 29.8 Å². The average molecular weight is 264 g/mol. The molecule has 1 aliphatic rings. The van der Waals surface area contributed by atoms with Crippen molar-refractivity contribution < 1.29 is 9.59 Å². The minimum absolute atomic E-state index is 0.132. The molecule has 2 N–H and O–H groups in total. The van der Waals surface area contributed by atoms with Crippen LogP contribution in [0.1, 0.15) is 30.1 Å². The van der Waals surface area contributed by atoms with Crippen molar-refractivity contribution in [1.29, 1.82) is 0 Å². The smallest absolute Gasteiger partial charge is 0.251 e. The van der Waals surface area contributed by atoms with Crippen LogP contribution in [-0.4, -0.2) is 23.9 Å². The van der Waals surface area contributed by atoms with Crippen LogP contribution in [0.4, 0.5) is 0 Å². The Labute approximate surface area is 112 Å². The SMILES string of the molecule is CC(NC(=O)c1cccc(S)c1)C(=O)NC1CC1. The lowest BCUT2D eigenvalue weighted by Gasteiger charge is -2.13. The van der Waals surface area contributed by atoms with Gasteiger partial charge in [-0.15, -0.1) is 12.6 Å². The molecule has 2 amide bonds. The first kappa shape index (κ1) is 13.0. The topological polar surface area (TPSA) is 58.2 Å². The third-order valence-corrected chi connectivity index (χ3v) is 3.05. The molecule has 1 aromatic carbocycles. The number of hydrogen-bond donors (Lipinski definition) is 3. The summed E-state index contributed by atoms with van der Waals surface area (Å²) >= 11 is 4.17. The van der Waals surface area contributed by atoms with Gasteiger partial charge in [0.2, 0.25) is 5.91 Å². The van der Waals surface area contributed by atoms with Crippen molar-refractivity contribution in [2.45, 2.75) is 36.7 Å². The number of amides is 2. The molecule has 0 bridgehead atoms. The fourth-order valence-electron chi connectivity index (χ4n) is 1.55. The van der Waals surface area contributed by atoms with Crippen LogP contribution in [0.15, 0.2) is 29.2 Å². The van der Waals surface area contributed by atoms with E-state index in [-0.39, 0.29) is 11.8 Å². The molecule has 4 nitrogen and oxygen atoms in total. The van der Waals surface area contributed by atoms with Crippen LogP contribution in [0.3, 0.4) is 0 Å². The average Bonchev–Trinajstić information content (AvgIpc) is 3.12. The summed E-state index contributed by atoms with van der Waals surface area (Å²) < 4.78 is 0. The number of hydrogen-bond acceptors (Lipinski definition) is 3. The molecule has 0 aromatic heterocycles. The first-order valence-electron chi connectivity index (χ1n) is 5.96. The normalized spacial score (nSPS) is 15.9. The van der Waals surface area contributed by atoms with Crippen LogP contribution >= 0.6 is 12.6 Å². The van der Waals surface area contributed by atoms with Crippen molar-refractivity contribution in [2.24, 2.45) is 0 Å². The Hall–Kier alpha value is -1.49. The van der Waals surface area contributed by atoms with Crippen molar-refractivity contribution in [2.75, 3.05) is 0 Å². The second-order valence-electron chi connectivity index (χ2n) is 4.53. The molecule has 0 heterocycles. The van der Waals surface area contributed by atoms with Gasteiger partial charge in [0, 0.05) is 16.5 Å². The Bertz CT molecular complexity index is 472. The number of carbonyl (C=O) groups is 2. The van der Waals surface area contributed by atoms with Crippen LogP contribution in [0, 0.1) is 0 Å². The first-order valence-corrected chi connectivity index (χ1v) is 6.41. The van der Waals surface area contributed by atoms with Crippen LogP contribution in [0.5, 0.6) is 0 Å². The lowest BCUT2D eigenvalue weighted by molar-refractivity contribution is -0.122. The maximum atomic E-state index is 11.9. The number of benzene rings is 1. The summed E-state index contributed by atoms with van der Waals surface area (Å²) in [6.45, 7) is 1.68. The largest absolute Gasteiger partial charge is 0.352 e. The molecule has 1 unspecified atom stereocenters. The van der Waals surface area contributed by atoms with E-state index >= 15 is 0 Å². The highest BCUT2D eigenvalue weighted by atomic mass is 32.1. The molecule has 2 rings (SSSR count). The molecule has 1 saturated carbocycles. The van der Waals surface area contributed by atoms with Gasteiger partial charge in [-0.2, -0.15) is 0 Å². The monoisotopic (exact) mass is 264 g/mol. The molecule has 1 atom stereocenters. The second-order valence-corrected chi connectivity index (χ2v) is 5.04. The Morgan fingerprint density at radius 3 is 2.72 bits per heavy atom. The number of rotatable bonds is 4. The zero-order valence-corrected chi connectivity index (χ0v) is 11.0. The van der Waals surface area contributed by atoms with Gasteiger partial charge >= 0.3 is 0 Å². The van der Waals surface area contributed by atoms with Gasteiger partial charge in [0.15, 0.2) is 0 Å². The highest BCUT2D eigenvalue weighted by molar-refractivity contribution is 7.80. The minimum atomic E-state index is -0.526. The molecular weight excluding hydrogens is 248 g/mol. The van der Waals surface area contributed by atoms with Gasteiger partial charge in [-0.3, -0.25) is 9.59 Å². The Morgan fingerprint density at radius 2 is 2.11 bits per heavy atom. The summed E-state index contributed by atoms with van der Waals surface area (Å²) in [5.41, 5.74) is 0.508. The zero-order valence-electron chi connectivity index (χ0n) is 10.1. The Balaban J connectivity index is 1.91. The van der Waals surface area contributed by atoms with Gasteiger partial charge in [-0.25, -0.2) is 0 Å². The van der Waals surface area contributed by atoms with E-state index in [0.29, 0.717) is 11.6 Å². The Morgan fingerprint density at radius 1 is 1.39 bits per heavy atom. The first-order chi connectivity index (χ1) is 8.56. The predicted molar refractivity (Wildman–Crippen MR) is 71.8 cm³/mol. The molecule has 18 heavy (non-hydrogen) atoms. The van der Waals surface area contributed by atoms with Crippen molar-refractivity contribution in [1.82, 2.24) is 10.6 Å². The molecular formula is C13H16N2O2S. The third-order valence-electron chi connectivity index (χ3n) is 2.77. The van der Waals surface area contributed by atoms with E-state index in [4.69, 9.17) is 0 Å². The van der Waals surface area contributed by atoms with Crippen LogP contribution in [0.2, 0.25) is 0 Å². The molecule has 1 aromatic rings. The van der Waals surface area contributed by atoms with Gasteiger partial charge < -0.3 is 10.6 Å². The van der Waals surface area contributed by atoms with Crippen LogP contribution in [-0.2, 0) is 4.79 Å². The second kappa shape index (κ2) is 5.44. The zero-order chi connectivity index (χ0) is 13.1. The number of nitrogens with one attached hydrogen (secondary N) is 2. The van der Waals surface area contributed by atoms with Crippen LogP contribution < -0.4 is 10.6 Å². The third kappa shape index (κ3) is 3.50. The molecule has 0 spiro atoms. The standard InChI is InChI=1S/C13H16N2O2S/c1-8(12(16)15-10-5-6-10)14-13(17)9-3-2-4-11(18)7-9/h2-4,7-8,10,18H,5-6H2,1H3,(H,14,17)(H,15,16). The van der Waals surface area contributed by atoms with Gasteiger partial charge in [-0.1, -0.05) is 6.07 Å². The summed E-state index contributed by atoms with van der Waals surface area (Å²) in [5, 5.41) is 5.52. The molecule has 96 valence electrons. The molecule has 0 radical (unpaired) electrons. The van der Waals surface area contributed by atoms with Gasteiger partial charge in [0.25, 0.3) is 5.91 Å². The maximum absolute atomic E-state index is 11.9. The molecule has 5 heteroatoms.